The Morgan fingerprint density at radius 1 is 1.27 bits per heavy atom. The summed E-state index contributed by atoms with van der Waals surface area (Å²) < 4.78 is 19.1. The third-order valence-electron chi connectivity index (χ3n) is 5.07. The Hall–Kier alpha value is -2.34. The Morgan fingerprint density at radius 2 is 2.08 bits per heavy atom. The second-order valence-electron chi connectivity index (χ2n) is 7.09. The van der Waals surface area contributed by atoms with Crippen LogP contribution in [-0.2, 0) is 5.41 Å². The number of halogens is 1. The van der Waals surface area contributed by atoms with E-state index in [2.05, 4.69) is 20.5 Å². The van der Waals surface area contributed by atoms with Crippen LogP contribution in [0.4, 0.5) is 4.39 Å². The minimum absolute atomic E-state index is 0.0156. The van der Waals surface area contributed by atoms with Crippen molar-refractivity contribution in [1.82, 2.24) is 15.5 Å². The second-order valence-corrected chi connectivity index (χ2v) is 7.09. The molecule has 3 rings (SSSR count). The molecule has 1 aliphatic rings. The molecule has 0 radical (unpaired) electrons. The highest BCUT2D eigenvalue weighted by Gasteiger charge is 2.44. The molecule has 0 bridgehead atoms. The Kier molecular flexibility index (Phi) is 5.61. The molecule has 0 saturated heterocycles. The lowest BCUT2D eigenvalue weighted by Gasteiger charge is -2.24. The van der Waals surface area contributed by atoms with E-state index in [4.69, 9.17) is 4.42 Å². The highest BCUT2D eigenvalue weighted by molar-refractivity contribution is 5.79. The number of guanidine groups is 1. The van der Waals surface area contributed by atoms with E-state index in [1.807, 2.05) is 32.3 Å². The fraction of sp³-hybridized carbons (Fsp3) is 0.450. The van der Waals surface area contributed by atoms with Gasteiger partial charge in [0.15, 0.2) is 5.96 Å². The average Bonchev–Trinajstić information content (AvgIpc) is 3.23. The number of aliphatic imine (C=N–C) groups is 1. The number of rotatable bonds is 7. The van der Waals surface area contributed by atoms with Crippen molar-refractivity contribution in [3.05, 3.63) is 59.8 Å². The fourth-order valence-electron chi connectivity index (χ4n) is 3.22. The van der Waals surface area contributed by atoms with Crippen molar-refractivity contribution in [3.63, 3.8) is 0 Å². The molecule has 1 aromatic heterocycles. The van der Waals surface area contributed by atoms with E-state index in [0.717, 1.165) is 36.7 Å². The summed E-state index contributed by atoms with van der Waals surface area (Å²) in [5.74, 6) is 1.48. The zero-order chi connectivity index (χ0) is 18.6. The van der Waals surface area contributed by atoms with E-state index < -0.39 is 0 Å². The third kappa shape index (κ3) is 4.25. The summed E-state index contributed by atoms with van der Waals surface area (Å²) in [7, 11) is 5.80. The molecule has 2 N–H and O–H groups in total. The lowest BCUT2D eigenvalue weighted by Crippen LogP contribution is -2.44. The van der Waals surface area contributed by atoms with Crippen LogP contribution in [0.3, 0.4) is 0 Å². The summed E-state index contributed by atoms with van der Waals surface area (Å²) in [6.45, 7) is 1.41. The first-order valence-electron chi connectivity index (χ1n) is 8.94. The smallest absolute Gasteiger partial charge is 0.191 e. The van der Waals surface area contributed by atoms with Gasteiger partial charge in [-0.3, -0.25) is 9.89 Å². The van der Waals surface area contributed by atoms with Gasteiger partial charge in [-0.1, -0.05) is 12.1 Å². The summed E-state index contributed by atoms with van der Waals surface area (Å²) in [6.07, 6.45) is 3.81. The van der Waals surface area contributed by atoms with E-state index >= 15 is 0 Å². The first kappa shape index (κ1) is 18.5. The number of benzene rings is 1. The van der Waals surface area contributed by atoms with E-state index in [1.54, 1.807) is 25.4 Å². The van der Waals surface area contributed by atoms with Gasteiger partial charge in [-0.2, -0.15) is 0 Å². The molecule has 1 aliphatic carbocycles. The standard InChI is InChI=1S/C20H27FN4O/c1-22-19(23-13-17(25(2)3)18-8-5-11-26-18)24-14-20(9-10-20)15-6-4-7-16(21)12-15/h4-8,11-12,17H,9-10,13-14H2,1-3H3,(H2,22,23,24). The summed E-state index contributed by atoms with van der Waals surface area (Å²) in [5, 5.41) is 6.76. The number of nitrogens with one attached hydrogen (secondary N) is 2. The number of furan rings is 1. The molecule has 0 spiro atoms. The molecule has 140 valence electrons. The fourth-order valence-corrected chi connectivity index (χ4v) is 3.22. The summed E-state index contributed by atoms with van der Waals surface area (Å²) in [4.78, 5) is 6.42. The molecule has 1 aromatic carbocycles. The minimum Gasteiger partial charge on any atom is -0.468 e. The molecule has 5 nitrogen and oxygen atoms in total. The van der Waals surface area contributed by atoms with Crippen LogP contribution >= 0.6 is 0 Å². The van der Waals surface area contributed by atoms with Gasteiger partial charge in [-0.25, -0.2) is 4.39 Å². The molecular weight excluding hydrogens is 331 g/mol. The van der Waals surface area contributed by atoms with Gasteiger partial charge < -0.3 is 15.1 Å². The van der Waals surface area contributed by atoms with Crippen LogP contribution in [0, 0.1) is 5.82 Å². The molecule has 6 heteroatoms. The molecule has 26 heavy (non-hydrogen) atoms. The lowest BCUT2D eigenvalue weighted by molar-refractivity contribution is 0.258. The largest absolute Gasteiger partial charge is 0.468 e. The van der Waals surface area contributed by atoms with Gasteiger partial charge in [0.05, 0.1) is 12.3 Å². The molecule has 1 atom stereocenters. The van der Waals surface area contributed by atoms with Crippen molar-refractivity contribution in [3.8, 4) is 0 Å². The first-order valence-corrected chi connectivity index (χ1v) is 8.94. The highest BCUT2D eigenvalue weighted by Crippen LogP contribution is 2.47. The van der Waals surface area contributed by atoms with Gasteiger partial charge in [0, 0.05) is 25.6 Å². The zero-order valence-electron chi connectivity index (χ0n) is 15.6. The summed E-state index contributed by atoms with van der Waals surface area (Å²) >= 11 is 0. The quantitative estimate of drug-likeness (QED) is 0.590. The van der Waals surface area contributed by atoms with Crippen LogP contribution in [0.25, 0.3) is 0 Å². The highest BCUT2D eigenvalue weighted by atomic mass is 19.1. The summed E-state index contributed by atoms with van der Waals surface area (Å²) in [5.41, 5.74) is 1.07. The van der Waals surface area contributed by atoms with Gasteiger partial charge in [0.1, 0.15) is 11.6 Å². The van der Waals surface area contributed by atoms with Crippen LogP contribution < -0.4 is 10.6 Å². The topological polar surface area (TPSA) is 52.8 Å². The predicted octanol–water partition coefficient (Wildman–Crippen LogP) is 2.92. The van der Waals surface area contributed by atoms with Crippen LogP contribution in [0.2, 0.25) is 0 Å². The van der Waals surface area contributed by atoms with Crippen LogP contribution in [0.15, 0.2) is 52.1 Å². The zero-order valence-corrected chi connectivity index (χ0v) is 15.6. The predicted molar refractivity (Wildman–Crippen MR) is 102 cm³/mol. The van der Waals surface area contributed by atoms with Crippen molar-refractivity contribution >= 4 is 5.96 Å². The Bertz CT molecular complexity index is 738. The number of likely N-dealkylation sites (N-methyl/N-ethyl adjacent to an activating group) is 1. The molecule has 0 aliphatic heterocycles. The molecule has 2 aromatic rings. The SMILES string of the molecule is CN=C(NCC(c1ccco1)N(C)C)NCC1(c2cccc(F)c2)CC1. The van der Waals surface area contributed by atoms with Crippen molar-refractivity contribution in [2.24, 2.45) is 4.99 Å². The monoisotopic (exact) mass is 358 g/mol. The van der Waals surface area contributed by atoms with Crippen molar-refractivity contribution in [2.45, 2.75) is 24.3 Å². The summed E-state index contributed by atoms with van der Waals surface area (Å²) in [6, 6.07) is 10.9. The maximum atomic E-state index is 13.5. The average molecular weight is 358 g/mol. The molecular formula is C20H27FN4O. The van der Waals surface area contributed by atoms with E-state index in [1.165, 1.54) is 6.07 Å². The van der Waals surface area contributed by atoms with Crippen LogP contribution in [-0.4, -0.2) is 45.1 Å². The molecule has 1 unspecified atom stereocenters. The van der Waals surface area contributed by atoms with Gasteiger partial charge >= 0.3 is 0 Å². The first-order chi connectivity index (χ1) is 12.5. The Labute approximate surface area is 154 Å². The number of hydrogen-bond acceptors (Lipinski definition) is 3. The molecule has 1 heterocycles. The van der Waals surface area contributed by atoms with Gasteiger partial charge in [0.25, 0.3) is 0 Å². The number of nitrogens with zero attached hydrogens (tertiary/aromatic N) is 2. The van der Waals surface area contributed by atoms with E-state index in [-0.39, 0.29) is 17.3 Å². The maximum Gasteiger partial charge on any atom is 0.191 e. The Balaban J connectivity index is 1.57. The normalized spacial score (nSPS) is 17.2. The van der Waals surface area contributed by atoms with E-state index in [9.17, 15) is 4.39 Å². The molecule has 1 fully saturated rings. The van der Waals surface area contributed by atoms with Crippen molar-refractivity contribution in [1.29, 1.82) is 0 Å². The maximum absolute atomic E-state index is 13.5. The molecule has 0 amide bonds. The van der Waals surface area contributed by atoms with Crippen LogP contribution in [0.5, 0.6) is 0 Å². The van der Waals surface area contributed by atoms with Crippen LogP contribution in [0.1, 0.15) is 30.2 Å². The Morgan fingerprint density at radius 3 is 2.65 bits per heavy atom. The van der Waals surface area contributed by atoms with Crippen molar-refractivity contribution < 1.29 is 8.81 Å². The van der Waals surface area contributed by atoms with E-state index in [0.29, 0.717) is 6.54 Å². The van der Waals surface area contributed by atoms with Crippen molar-refractivity contribution in [2.75, 3.05) is 34.2 Å². The lowest BCUT2D eigenvalue weighted by atomic mass is 9.96. The van der Waals surface area contributed by atoms with Gasteiger partial charge in [-0.15, -0.1) is 0 Å². The molecule has 1 saturated carbocycles. The number of hydrogen-bond donors (Lipinski definition) is 2. The minimum atomic E-state index is -0.177. The van der Waals surface area contributed by atoms with Gasteiger partial charge in [-0.05, 0) is 56.8 Å². The van der Waals surface area contributed by atoms with Gasteiger partial charge in [0.2, 0.25) is 0 Å². The second kappa shape index (κ2) is 7.91. The third-order valence-corrected chi connectivity index (χ3v) is 5.07.